The Hall–Kier alpha value is -1.12. The van der Waals surface area contributed by atoms with Crippen LogP contribution in [0, 0.1) is 0 Å². The van der Waals surface area contributed by atoms with E-state index < -0.39 is 0 Å². The molecule has 20 heavy (non-hydrogen) atoms. The van der Waals surface area contributed by atoms with Crippen molar-refractivity contribution in [1.29, 1.82) is 0 Å². The first kappa shape index (κ1) is 13.8. The third-order valence-corrected chi connectivity index (χ3v) is 5.20. The zero-order valence-electron chi connectivity index (χ0n) is 11.4. The molecule has 2 aromatic carbocycles. The molecule has 0 fully saturated rings. The number of benzene rings is 2. The van der Waals surface area contributed by atoms with Crippen molar-refractivity contribution < 1.29 is 4.74 Å². The van der Waals surface area contributed by atoms with E-state index in [0.717, 1.165) is 35.8 Å². The van der Waals surface area contributed by atoms with Crippen molar-refractivity contribution in [2.24, 2.45) is 0 Å². The van der Waals surface area contributed by atoms with Gasteiger partial charge in [-0.3, -0.25) is 0 Å². The molecule has 1 heterocycles. The SMILES string of the molecule is CCc1cc(OCC2Cc3ccccc3S2)ccc1Cl. The maximum absolute atomic E-state index is 6.12. The molecule has 3 rings (SSSR count). The minimum atomic E-state index is 0.508. The average molecular weight is 305 g/mol. The monoisotopic (exact) mass is 304 g/mol. The van der Waals surface area contributed by atoms with Crippen molar-refractivity contribution in [1.82, 2.24) is 0 Å². The Balaban J connectivity index is 1.61. The number of thioether (sulfide) groups is 1. The van der Waals surface area contributed by atoms with E-state index in [-0.39, 0.29) is 0 Å². The summed E-state index contributed by atoms with van der Waals surface area (Å²) in [6.45, 7) is 2.85. The second-order valence-electron chi connectivity index (χ2n) is 4.97. The Morgan fingerprint density at radius 2 is 2.10 bits per heavy atom. The number of ether oxygens (including phenoxy) is 1. The Morgan fingerprint density at radius 1 is 1.25 bits per heavy atom. The highest BCUT2D eigenvalue weighted by Crippen LogP contribution is 2.37. The molecular weight excluding hydrogens is 288 g/mol. The summed E-state index contributed by atoms with van der Waals surface area (Å²) in [6, 6.07) is 14.5. The number of aryl methyl sites for hydroxylation is 1. The number of fused-ring (bicyclic) bond motifs is 1. The first-order valence-corrected chi connectivity index (χ1v) is 8.18. The van der Waals surface area contributed by atoms with Gasteiger partial charge in [-0.15, -0.1) is 11.8 Å². The molecule has 2 aromatic rings. The zero-order chi connectivity index (χ0) is 13.9. The standard InChI is InChI=1S/C17H17ClOS/c1-2-12-9-14(7-8-16(12)18)19-11-15-10-13-5-3-4-6-17(13)20-15/h3-9,15H,2,10-11H2,1H3. The summed E-state index contributed by atoms with van der Waals surface area (Å²) in [6.07, 6.45) is 2.02. The normalized spacial score (nSPS) is 17.0. The fourth-order valence-electron chi connectivity index (χ4n) is 2.45. The molecule has 1 aliphatic rings. The number of halogens is 1. The average Bonchev–Trinajstić information content (AvgIpc) is 2.89. The lowest BCUT2D eigenvalue weighted by Gasteiger charge is -2.12. The quantitative estimate of drug-likeness (QED) is 0.786. The molecule has 0 amide bonds. The van der Waals surface area contributed by atoms with Gasteiger partial charge in [0.05, 0.1) is 0 Å². The summed E-state index contributed by atoms with van der Waals surface area (Å²) in [5.41, 5.74) is 2.59. The van der Waals surface area contributed by atoms with Crippen molar-refractivity contribution in [2.45, 2.75) is 29.9 Å². The van der Waals surface area contributed by atoms with E-state index in [2.05, 4.69) is 37.3 Å². The Bertz CT molecular complexity index is 587. The molecular formula is C17H17ClOS. The van der Waals surface area contributed by atoms with Crippen LogP contribution in [0.5, 0.6) is 5.75 Å². The molecule has 1 nitrogen and oxygen atoms in total. The van der Waals surface area contributed by atoms with Crippen LogP contribution in [0.3, 0.4) is 0 Å². The van der Waals surface area contributed by atoms with Crippen LogP contribution in [0.2, 0.25) is 5.02 Å². The van der Waals surface area contributed by atoms with Gasteiger partial charge in [0, 0.05) is 15.2 Å². The molecule has 0 radical (unpaired) electrons. The molecule has 0 aromatic heterocycles. The smallest absolute Gasteiger partial charge is 0.119 e. The maximum atomic E-state index is 6.12. The van der Waals surface area contributed by atoms with E-state index in [9.17, 15) is 0 Å². The van der Waals surface area contributed by atoms with E-state index >= 15 is 0 Å². The molecule has 0 aliphatic carbocycles. The van der Waals surface area contributed by atoms with Crippen molar-refractivity contribution in [3.8, 4) is 5.75 Å². The number of rotatable bonds is 4. The van der Waals surface area contributed by atoms with Gasteiger partial charge >= 0.3 is 0 Å². The van der Waals surface area contributed by atoms with Crippen LogP contribution in [-0.2, 0) is 12.8 Å². The van der Waals surface area contributed by atoms with Crippen molar-refractivity contribution >= 4 is 23.4 Å². The van der Waals surface area contributed by atoms with E-state index in [1.54, 1.807) is 0 Å². The van der Waals surface area contributed by atoms with E-state index in [4.69, 9.17) is 16.3 Å². The van der Waals surface area contributed by atoms with Gasteiger partial charge in [-0.25, -0.2) is 0 Å². The highest BCUT2D eigenvalue weighted by Gasteiger charge is 2.22. The summed E-state index contributed by atoms with van der Waals surface area (Å²) in [5, 5.41) is 1.33. The van der Waals surface area contributed by atoms with Gasteiger partial charge in [-0.1, -0.05) is 36.7 Å². The van der Waals surface area contributed by atoms with Crippen LogP contribution in [0.1, 0.15) is 18.1 Å². The molecule has 3 heteroatoms. The van der Waals surface area contributed by atoms with Gasteiger partial charge in [0.15, 0.2) is 0 Å². The molecule has 104 valence electrons. The van der Waals surface area contributed by atoms with Crippen LogP contribution >= 0.6 is 23.4 Å². The molecule has 0 saturated heterocycles. The number of hydrogen-bond donors (Lipinski definition) is 0. The largest absolute Gasteiger partial charge is 0.492 e. The lowest BCUT2D eigenvalue weighted by atomic mass is 10.1. The Labute approximate surface area is 129 Å². The van der Waals surface area contributed by atoms with Gasteiger partial charge in [-0.05, 0) is 48.2 Å². The minimum absolute atomic E-state index is 0.508. The third kappa shape index (κ3) is 2.97. The summed E-state index contributed by atoms with van der Waals surface area (Å²) in [4.78, 5) is 1.39. The summed E-state index contributed by atoms with van der Waals surface area (Å²) in [7, 11) is 0. The topological polar surface area (TPSA) is 9.23 Å². The zero-order valence-corrected chi connectivity index (χ0v) is 13.0. The second-order valence-corrected chi connectivity index (χ2v) is 6.72. The van der Waals surface area contributed by atoms with Crippen LogP contribution < -0.4 is 4.74 Å². The lowest BCUT2D eigenvalue weighted by Crippen LogP contribution is -2.13. The van der Waals surface area contributed by atoms with E-state index in [0.29, 0.717) is 5.25 Å². The molecule has 1 unspecified atom stereocenters. The highest BCUT2D eigenvalue weighted by molar-refractivity contribution is 8.00. The summed E-state index contributed by atoms with van der Waals surface area (Å²) in [5.74, 6) is 0.919. The Morgan fingerprint density at radius 3 is 2.90 bits per heavy atom. The predicted octanol–water partition coefficient (Wildman–Crippen LogP) is 5.00. The van der Waals surface area contributed by atoms with Crippen LogP contribution in [0.15, 0.2) is 47.4 Å². The molecule has 0 N–H and O–H groups in total. The van der Waals surface area contributed by atoms with Crippen LogP contribution in [0.25, 0.3) is 0 Å². The van der Waals surface area contributed by atoms with Crippen molar-refractivity contribution in [3.05, 3.63) is 58.6 Å². The number of hydrogen-bond acceptors (Lipinski definition) is 2. The Kier molecular flexibility index (Phi) is 4.23. The van der Waals surface area contributed by atoms with Gasteiger partial charge < -0.3 is 4.74 Å². The third-order valence-electron chi connectivity index (χ3n) is 3.55. The molecule has 0 bridgehead atoms. The molecule has 0 spiro atoms. The fraction of sp³-hybridized carbons (Fsp3) is 0.294. The van der Waals surface area contributed by atoms with E-state index in [1.807, 2.05) is 23.9 Å². The van der Waals surface area contributed by atoms with Gasteiger partial charge in [0.1, 0.15) is 12.4 Å². The van der Waals surface area contributed by atoms with Gasteiger partial charge in [0.25, 0.3) is 0 Å². The minimum Gasteiger partial charge on any atom is -0.492 e. The predicted molar refractivity (Wildman–Crippen MR) is 86.1 cm³/mol. The van der Waals surface area contributed by atoms with Crippen LogP contribution in [-0.4, -0.2) is 11.9 Å². The van der Waals surface area contributed by atoms with E-state index in [1.165, 1.54) is 10.5 Å². The van der Waals surface area contributed by atoms with Crippen molar-refractivity contribution in [2.75, 3.05) is 6.61 Å². The highest BCUT2D eigenvalue weighted by atomic mass is 35.5. The van der Waals surface area contributed by atoms with Crippen molar-refractivity contribution in [3.63, 3.8) is 0 Å². The first-order valence-electron chi connectivity index (χ1n) is 6.92. The molecule has 1 atom stereocenters. The van der Waals surface area contributed by atoms with Crippen LogP contribution in [0.4, 0.5) is 0 Å². The lowest BCUT2D eigenvalue weighted by molar-refractivity contribution is 0.317. The fourth-order valence-corrected chi connectivity index (χ4v) is 3.92. The molecule has 0 saturated carbocycles. The summed E-state index contributed by atoms with van der Waals surface area (Å²) < 4.78 is 5.94. The first-order chi connectivity index (χ1) is 9.76. The maximum Gasteiger partial charge on any atom is 0.119 e. The second kappa shape index (κ2) is 6.11. The van der Waals surface area contributed by atoms with Gasteiger partial charge in [0.2, 0.25) is 0 Å². The molecule has 1 aliphatic heterocycles. The summed E-state index contributed by atoms with van der Waals surface area (Å²) >= 11 is 8.04. The van der Waals surface area contributed by atoms with Gasteiger partial charge in [-0.2, -0.15) is 0 Å².